The molecule has 1 aliphatic rings. The number of anilines is 1. The van der Waals surface area contributed by atoms with Gasteiger partial charge in [-0.1, -0.05) is 43.3 Å². The molecule has 5 heteroatoms. The van der Waals surface area contributed by atoms with Crippen LogP contribution in [0.1, 0.15) is 19.8 Å². The highest BCUT2D eigenvalue weighted by Crippen LogP contribution is 2.31. The van der Waals surface area contributed by atoms with Crippen molar-refractivity contribution >= 4 is 32.2 Å². The lowest BCUT2D eigenvalue weighted by Crippen LogP contribution is -2.41. The Hall–Kier alpha value is -1.88. The number of nitrogens with zero attached hydrogens (tertiary/aromatic N) is 1. The van der Waals surface area contributed by atoms with Crippen molar-refractivity contribution in [2.45, 2.75) is 25.8 Å². The van der Waals surface area contributed by atoms with Crippen molar-refractivity contribution in [1.82, 2.24) is 0 Å². The Balaban J connectivity index is 2.11. The van der Waals surface area contributed by atoms with Gasteiger partial charge in [-0.25, -0.2) is 8.42 Å². The molecule has 2 aromatic rings. The Kier molecular flexibility index (Phi) is 3.91. The Labute approximate surface area is 130 Å². The quantitative estimate of drug-likeness (QED) is 0.874. The van der Waals surface area contributed by atoms with Gasteiger partial charge in [0, 0.05) is 11.8 Å². The van der Waals surface area contributed by atoms with Crippen molar-refractivity contribution in [2.24, 2.45) is 0 Å². The first-order valence-corrected chi connectivity index (χ1v) is 9.34. The van der Waals surface area contributed by atoms with Crippen molar-refractivity contribution in [3.05, 3.63) is 42.5 Å². The van der Waals surface area contributed by atoms with Gasteiger partial charge in [-0.15, -0.1) is 0 Å². The van der Waals surface area contributed by atoms with Crippen LogP contribution in [0.5, 0.6) is 0 Å². The van der Waals surface area contributed by atoms with E-state index in [-0.39, 0.29) is 23.5 Å². The standard InChI is InChI=1S/C17H19NO3S/c1-2-17(19)18(14-10-11-22(20,21)12-14)16-9-5-7-13-6-3-4-8-15(13)16/h3-9,14H,2,10-12H2,1H3. The highest BCUT2D eigenvalue weighted by Gasteiger charge is 2.35. The van der Waals surface area contributed by atoms with Gasteiger partial charge in [0.2, 0.25) is 5.91 Å². The smallest absolute Gasteiger partial charge is 0.227 e. The molecule has 1 unspecified atom stereocenters. The third-order valence-electron chi connectivity index (χ3n) is 4.17. The maximum absolute atomic E-state index is 12.5. The van der Waals surface area contributed by atoms with Crippen LogP contribution in [0, 0.1) is 0 Å². The number of fused-ring (bicyclic) bond motifs is 1. The molecule has 22 heavy (non-hydrogen) atoms. The van der Waals surface area contributed by atoms with Crippen molar-refractivity contribution in [2.75, 3.05) is 16.4 Å². The van der Waals surface area contributed by atoms with Gasteiger partial charge in [-0.05, 0) is 17.9 Å². The first-order valence-electron chi connectivity index (χ1n) is 7.52. The van der Waals surface area contributed by atoms with E-state index < -0.39 is 9.84 Å². The maximum Gasteiger partial charge on any atom is 0.227 e. The van der Waals surface area contributed by atoms with Crippen LogP contribution in [0.4, 0.5) is 5.69 Å². The summed E-state index contributed by atoms with van der Waals surface area (Å²) in [4.78, 5) is 14.2. The molecule has 0 N–H and O–H groups in total. The van der Waals surface area contributed by atoms with E-state index in [1.807, 2.05) is 49.4 Å². The van der Waals surface area contributed by atoms with Gasteiger partial charge in [-0.3, -0.25) is 4.79 Å². The van der Waals surface area contributed by atoms with E-state index in [4.69, 9.17) is 0 Å². The fraction of sp³-hybridized carbons (Fsp3) is 0.353. The SMILES string of the molecule is CCC(=O)N(c1cccc2ccccc12)C1CCS(=O)(=O)C1. The third-order valence-corrected chi connectivity index (χ3v) is 5.92. The summed E-state index contributed by atoms with van der Waals surface area (Å²) in [6.45, 7) is 1.81. The van der Waals surface area contributed by atoms with Crippen LogP contribution in [0.25, 0.3) is 10.8 Å². The maximum atomic E-state index is 12.5. The fourth-order valence-corrected chi connectivity index (χ4v) is 4.80. The predicted molar refractivity (Wildman–Crippen MR) is 88.8 cm³/mol. The van der Waals surface area contributed by atoms with Crippen LogP contribution in [0.15, 0.2) is 42.5 Å². The van der Waals surface area contributed by atoms with E-state index in [9.17, 15) is 13.2 Å². The number of benzene rings is 2. The van der Waals surface area contributed by atoms with E-state index in [0.29, 0.717) is 12.8 Å². The number of rotatable bonds is 3. The zero-order valence-corrected chi connectivity index (χ0v) is 13.3. The van der Waals surface area contributed by atoms with Crippen LogP contribution in [0.2, 0.25) is 0 Å². The Morgan fingerprint density at radius 1 is 1.18 bits per heavy atom. The lowest BCUT2D eigenvalue weighted by Gasteiger charge is -2.29. The summed E-state index contributed by atoms with van der Waals surface area (Å²) >= 11 is 0. The number of hydrogen-bond acceptors (Lipinski definition) is 3. The highest BCUT2D eigenvalue weighted by molar-refractivity contribution is 7.91. The third kappa shape index (κ3) is 2.73. The zero-order valence-electron chi connectivity index (χ0n) is 12.5. The topological polar surface area (TPSA) is 54.5 Å². The molecule has 1 atom stereocenters. The number of amides is 1. The summed E-state index contributed by atoms with van der Waals surface area (Å²) in [5.41, 5.74) is 0.812. The largest absolute Gasteiger partial charge is 0.308 e. The van der Waals surface area contributed by atoms with Gasteiger partial charge in [0.15, 0.2) is 9.84 Å². The highest BCUT2D eigenvalue weighted by atomic mass is 32.2. The molecule has 0 radical (unpaired) electrons. The molecule has 2 aromatic carbocycles. The fourth-order valence-electron chi connectivity index (χ4n) is 3.10. The molecule has 1 aliphatic heterocycles. The molecular formula is C17H19NO3S. The number of carbonyl (C=O) groups is 1. The number of carbonyl (C=O) groups excluding carboxylic acids is 1. The molecule has 3 rings (SSSR count). The number of sulfone groups is 1. The lowest BCUT2D eigenvalue weighted by atomic mass is 10.1. The van der Waals surface area contributed by atoms with E-state index in [2.05, 4.69) is 0 Å². The average molecular weight is 317 g/mol. The van der Waals surface area contributed by atoms with Crippen LogP contribution in [-0.4, -0.2) is 31.9 Å². The Morgan fingerprint density at radius 2 is 1.91 bits per heavy atom. The Bertz CT molecular complexity index is 808. The van der Waals surface area contributed by atoms with Gasteiger partial charge in [0.1, 0.15) is 0 Å². The summed E-state index contributed by atoms with van der Waals surface area (Å²) in [5, 5.41) is 2.03. The molecule has 1 amide bonds. The molecule has 116 valence electrons. The van der Waals surface area contributed by atoms with Gasteiger partial charge >= 0.3 is 0 Å². The summed E-state index contributed by atoms with van der Waals surface area (Å²) < 4.78 is 23.6. The average Bonchev–Trinajstić information content (AvgIpc) is 2.87. The summed E-state index contributed by atoms with van der Waals surface area (Å²) in [6.07, 6.45) is 0.872. The van der Waals surface area contributed by atoms with Crippen LogP contribution >= 0.6 is 0 Å². The molecule has 1 saturated heterocycles. The van der Waals surface area contributed by atoms with Crippen molar-refractivity contribution in [1.29, 1.82) is 0 Å². The first kappa shape index (κ1) is 15.0. The molecule has 0 aromatic heterocycles. The second-order valence-electron chi connectivity index (χ2n) is 5.67. The lowest BCUT2D eigenvalue weighted by molar-refractivity contribution is -0.118. The molecule has 1 heterocycles. The summed E-state index contributed by atoms with van der Waals surface area (Å²) in [5.74, 6) is 0.191. The van der Waals surface area contributed by atoms with E-state index >= 15 is 0 Å². The van der Waals surface area contributed by atoms with Gasteiger partial charge in [0.25, 0.3) is 0 Å². The Morgan fingerprint density at radius 3 is 2.59 bits per heavy atom. The van der Waals surface area contributed by atoms with E-state index in [0.717, 1.165) is 16.5 Å². The minimum atomic E-state index is -3.04. The zero-order chi connectivity index (χ0) is 15.7. The molecular weight excluding hydrogens is 298 g/mol. The van der Waals surface area contributed by atoms with Crippen LogP contribution < -0.4 is 4.90 Å². The van der Waals surface area contributed by atoms with Crippen LogP contribution in [-0.2, 0) is 14.6 Å². The van der Waals surface area contributed by atoms with Gasteiger partial charge in [0.05, 0.1) is 23.2 Å². The summed E-state index contributed by atoms with van der Waals surface area (Å²) in [6, 6.07) is 13.4. The van der Waals surface area contributed by atoms with E-state index in [1.165, 1.54) is 0 Å². The minimum absolute atomic E-state index is 0.0292. The van der Waals surface area contributed by atoms with Gasteiger partial charge < -0.3 is 4.90 Å². The molecule has 0 spiro atoms. The molecule has 0 saturated carbocycles. The van der Waals surface area contributed by atoms with Crippen molar-refractivity contribution in [3.63, 3.8) is 0 Å². The predicted octanol–water partition coefficient (Wildman–Crippen LogP) is 2.77. The monoisotopic (exact) mass is 317 g/mol. The van der Waals surface area contributed by atoms with Crippen LogP contribution in [0.3, 0.4) is 0 Å². The van der Waals surface area contributed by atoms with Crippen molar-refractivity contribution < 1.29 is 13.2 Å². The van der Waals surface area contributed by atoms with E-state index in [1.54, 1.807) is 4.90 Å². The van der Waals surface area contributed by atoms with Crippen molar-refractivity contribution in [3.8, 4) is 0 Å². The minimum Gasteiger partial charge on any atom is -0.308 e. The second kappa shape index (κ2) is 5.72. The molecule has 4 nitrogen and oxygen atoms in total. The first-order chi connectivity index (χ1) is 10.5. The summed E-state index contributed by atoms with van der Waals surface area (Å²) in [7, 11) is -3.04. The molecule has 0 bridgehead atoms. The molecule has 0 aliphatic carbocycles. The van der Waals surface area contributed by atoms with Gasteiger partial charge in [-0.2, -0.15) is 0 Å². The second-order valence-corrected chi connectivity index (χ2v) is 7.90. The molecule has 1 fully saturated rings. The normalized spacial score (nSPS) is 20.1. The number of hydrogen-bond donors (Lipinski definition) is 0.